The molecule has 0 unspecified atom stereocenters. The van der Waals surface area contributed by atoms with Gasteiger partial charge in [0.1, 0.15) is 11.7 Å². The highest BCUT2D eigenvalue weighted by Gasteiger charge is 2.49. The summed E-state index contributed by atoms with van der Waals surface area (Å²) in [6.45, 7) is 3.47. The maximum atomic E-state index is 13.5. The average Bonchev–Trinajstić information content (AvgIpc) is 3.20. The number of hydrogen-bond donors (Lipinski definition) is 0. The van der Waals surface area contributed by atoms with Crippen LogP contribution in [0.25, 0.3) is 0 Å². The number of esters is 2. The number of rotatable bonds is 7. The minimum Gasteiger partial charge on any atom is -0.460 e. The van der Waals surface area contributed by atoms with Gasteiger partial charge in [0.25, 0.3) is 0 Å². The van der Waals surface area contributed by atoms with Crippen molar-refractivity contribution in [1.29, 1.82) is 0 Å². The Morgan fingerprint density at radius 2 is 1.29 bits per heavy atom. The van der Waals surface area contributed by atoms with E-state index in [-0.39, 0.29) is 30.1 Å². The summed E-state index contributed by atoms with van der Waals surface area (Å²) in [6, 6.07) is 28.1. The van der Waals surface area contributed by atoms with E-state index in [0.717, 1.165) is 11.1 Å². The number of ether oxygens (including phenoxy) is 2. The highest BCUT2D eigenvalue weighted by Crippen LogP contribution is 2.48. The molecule has 3 aromatic carbocycles. The molecule has 5 nitrogen and oxygen atoms in total. The van der Waals surface area contributed by atoms with E-state index in [2.05, 4.69) is 0 Å². The van der Waals surface area contributed by atoms with Crippen LogP contribution in [0.3, 0.4) is 0 Å². The van der Waals surface area contributed by atoms with Crippen LogP contribution in [-0.4, -0.2) is 23.8 Å². The number of carbonyl (C=O) groups is 3. The van der Waals surface area contributed by atoms with Gasteiger partial charge in [-0.3, -0.25) is 9.59 Å². The molecule has 5 heteroatoms. The van der Waals surface area contributed by atoms with E-state index in [1.165, 1.54) is 0 Å². The molecule has 1 saturated carbocycles. The number of Topliss-reactive ketones (excluding diaryl/α,β-unsaturated/α-hetero) is 1. The molecule has 0 spiro atoms. The Morgan fingerprint density at radius 3 is 1.85 bits per heavy atom. The van der Waals surface area contributed by atoms with E-state index in [0.29, 0.717) is 5.56 Å². The van der Waals surface area contributed by atoms with Crippen molar-refractivity contribution in [3.8, 4) is 0 Å². The molecule has 0 N–H and O–H groups in total. The quantitative estimate of drug-likeness (QED) is 0.353. The SMILES string of the molecule is CC(C)OC(=O)[C@@H](OC(=O)[C@@H]1C(=O)C[C@@H](c2ccccc2)[C@@H]1c1ccccc1)c1ccccc1. The third kappa shape index (κ3) is 5.09. The molecule has 0 amide bonds. The van der Waals surface area contributed by atoms with Gasteiger partial charge in [-0.15, -0.1) is 0 Å². The second-order valence-electron chi connectivity index (χ2n) is 8.82. The van der Waals surface area contributed by atoms with Gasteiger partial charge in [0.2, 0.25) is 6.10 Å². The van der Waals surface area contributed by atoms with Crippen molar-refractivity contribution in [3.63, 3.8) is 0 Å². The lowest BCUT2D eigenvalue weighted by Gasteiger charge is -2.25. The number of hydrogen-bond acceptors (Lipinski definition) is 5. The fourth-order valence-corrected chi connectivity index (χ4v) is 4.67. The summed E-state index contributed by atoms with van der Waals surface area (Å²) in [7, 11) is 0. The zero-order valence-electron chi connectivity index (χ0n) is 19.3. The van der Waals surface area contributed by atoms with E-state index < -0.39 is 24.0 Å². The first kappa shape index (κ1) is 23.4. The maximum absolute atomic E-state index is 13.5. The van der Waals surface area contributed by atoms with Crippen molar-refractivity contribution < 1.29 is 23.9 Å². The molecule has 3 aromatic rings. The molecule has 0 bridgehead atoms. The van der Waals surface area contributed by atoms with Crippen LogP contribution in [0.1, 0.15) is 54.9 Å². The molecular weight excluding hydrogens is 428 g/mol. The van der Waals surface area contributed by atoms with Gasteiger partial charge >= 0.3 is 11.9 Å². The summed E-state index contributed by atoms with van der Waals surface area (Å²) in [5, 5.41) is 0. The highest BCUT2D eigenvalue weighted by atomic mass is 16.6. The Bertz CT molecular complexity index is 1120. The Hall–Kier alpha value is -3.73. The fraction of sp³-hybridized carbons (Fsp3) is 0.276. The van der Waals surface area contributed by atoms with Crippen molar-refractivity contribution in [2.75, 3.05) is 0 Å². The van der Waals surface area contributed by atoms with Crippen molar-refractivity contribution in [1.82, 2.24) is 0 Å². The molecule has 4 rings (SSSR count). The summed E-state index contributed by atoms with van der Waals surface area (Å²) in [5.41, 5.74) is 2.40. The van der Waals surface area contributed by atoms with Crippen LogP contribution in [0.4, 0.5) is 0 Å². The molecule has 174 valence electrons. The molecule has 34 heavy (non-hydrogen) atoms. The zero-order valence-corrected chi connectivity index (χ0v) is 19.3. The van der Waals surface area contributed by atoms with Crippen molar-refractivity contribution in [3.05, 3.63) is 108 Å². The molecule has 0 heterocycles. The van der Waals surface area contributed by atoms with Crippen LogP contribution in [0.5, 0.6) is 0 Å². The first-order valence-corrected chi connectivity index (χ1v) is 11.5. The predicted molar refractivity (Wildman–Crippen MR) is 128 cm³/mol. The van der Waals surface area contributed by atoms with E-state index in [1.54, 1.807) is 38.1 Å². The molecule has 0 aromatic heterocycles. The highest BCUT2D eigenvalue weighted by molar-refractivity contribution is 6.03. The maximum Gasteiger partial charge on any atom is 0.352 e. The van der Waals surface area contributed by atoms with Crippen LogP contribution in [0, 0.1) is 5.92 Å². The monoisotopic (exact) mass is 456 g/mol. The van der Waals surface area contributed by atoms with Gasteiger partial charge in [-0.25, -0.2) is 4.79 Å². The van der Waals surface area contributed by atoms with Gasteiger partial charge < -0.3 is 9.47 Å². The third-order valence-electron chi connectivity index (χ3n) is 6.13. The molecular formula is C29H28O5. The zero-order chi connectivity index (χ0) is 24.1. The lowest BCUT2D eigenvalue weighted by atomic mass is 9.80. The van der Waals surface area contributed by atoms with Crippen LogP contribution in [-0.2, 0) is 23.9 Å². The van der Waals surface area contributed by atoms with Crippen LogP contribution < -0.4 is 0 Å². The van der Waals surface area contributed by atoms with Crippen molar-refractivity contribution >= 4 is 17.7 Å². The molecule has 0 aliphatic heterocycles. The summed E-state index contributed by atoms with van der Waals surface area (Å²) >= 11 is 0. The molecule has 1 aliphatic rings. The molecule has 1 aliphatic carbocycles. The molecule has 1 fully saturated rings. The molecule has 0 radical (unpaired) electrons. The van der Waals surface area contributed by atoms with E-state index in [9.17, 15) is 14.4 Å². The van der Waals surface area contributed by atoms with Gasteiger partial charge in [0, 0.05) is 17.9 Å². The summed E-state index contributed by atoms with van der Waals surface area (Å²) in [4.78, 5) is 39.6. The molecule has 4 atom stereocenters. The summed E-state index contributed by atoms with van der Waals surface area (Å²) in [5.74, 6) is -3.10. The van der Waals surface area contributed by atoms with Gasteiger partial charge in [0.15, 0.2) is 0 Å². The Balaban J connectivity index is 1.68. The van der Waals surface area contributed by atoms with E-state index in [4.69, 9.17) is 9.47 Å². The lowest BCUT2D eigenvalue weighted by molar-refractivity contribution is -0.174. The Labute approximate surface area is 199 Å². The second-order valence-corrected chi connectivity index (χ2v) is 8.82. The largest absolute Gasteiger partial charge is 0.460 e. The number of benzene rings is 3. The van der Waals surface area contributed by atoms with Crippen molar-refractivity contribution in [2.45, 2.75) is 44.3 Å². The number of ketones is 1. The van der Waals surface area contributed by atoms with E-state index >= 15 is 0 Å². The van der Waals surface area contributed by atoms with Gasteiger partial charge in [0.05, 0.1) is 6.10 Å². The first-order chi connectivity index (χ1) is 16.5. The smallest absolute Gasteiger partial charge is 0.352 e. The molecule has 0 saturated heterocycles. The van der Waals surface area contributed by atoms with E-state index in [1.807, 2.05) is 66.7 Å². The van der Waals surface area contributed by atoms with Crippen LogP contribution >= 0.6 is 0 Å². The Kier molecular flexibility index (Phi) is 7.21. The first-order valence-electron chi connectivity index (χ1n) is 11.5. The fourth-order valence-electron chi connectivity index (χ4n) is 4.67. The van der Waals surface area contributed by atoms with Gasteiger partial charge in [-0.1, -0.05) is 91.0 Å². The third-order valence-corrected chi connectivity index (χ3v) is 6.13. The topological polar surface area (TPSA) is 69.7 Å². The second kappa shape index (κ2) is 10.5. The average molecular weight is 457 g/mol. The summed E-state index contributed by atoms with van der Waals surface area (Å²) < 4.78 is 11.1. The predicted octanol–water partition coefficient (Wildman–Crippen LogP) is 5.38. The standard InChI is InChI=1S/C29H28O5/c1-19(2)33-29(32)27(22-16-10-5-11-17-22)34-28(31)26-24(30)18-23(20-12-6-3-7-13-20)25(26)21-14-8-4-9-15-21/h3-17,19,23,25-27H,18H2,1-2H3/t23-,25-,26+,27-/m0/s1. The number of carbonyl (C=O) groups excluding carboxylic acids is 3. The van der Waals surface area contributed by atoms with Crippen molar-refractivity contribution in [2.24, 2.45) is 5.92 Å². The minimum atomic E-state index is -1.24. The summed E-state index contributed by atoms with van der Waals surface area (Å²) in [6.07, 6.45) is -1.38. The van der Waals surface area contributed by atoms with Crippen LogP contribution in [0.15, 0.2) is 91.0 Å². The minimum absolute atomic E-state index is 0.161. The normalized spacial score (nSPS) is 20.7. The van der Waals surface area contributed by atoms with Gasteiger partial charge in [-0.2, -0.15) is 0 Å². The van der Waals surface area contributed by atoms with Gasteiger partial charge in [-0.05, 0) is 30.9 Å². The van der Waals surface area contributed by atoms with Crippen LogP contribution in [0.2, 0.25) is 0 Å². The lowest BCUT2D eigenvalue weighted by Crippen LogP contribution is -2.31. The Morgan fingerprint density at radius 1 is 0.765 bits per heavy atom.